The third kappa shape index (κ3) is 4.20. The van der Waals surface area contributed by atoms with Gasteiger partial charge in [0.05, 0.1) is 11.3 Å². The molecule has 7 heteroatoms. The van der Waals surface area contributed by atoms with Gasteiger partial charge in [-0.15, -0.1) is 0 Å². The largest absolute Gasteiger partial charge is 0.342 e. The van der Waals surface area contributed by atoms with Crippen LogP contribution in [-0.4, -0.2) is 43.1 Å². The zero-order chi connectivity index (χ0) is 16.4. The highest BCUT2D eigenvalue weighted by molar-refractivity contribution is 8.13. The summed E-state index contributed by atoms with van der Waals surface area (Å²) in [5, 5.41) is 1.08. The lowest BCUT2D eigenvalue weighted by molar-refractivity contribution is -0.127. The molecule has 122 valence electrons. The number of halogens is 1. The molecule has 0 radical (unpaired) electrons. The van der Waals surface area contributed by atoms with Gasteiger partial charge in [0, 0.05) is 47.7 Å². The Bertz CT molecular complexity index is 838. The first-order chi connectivity index (χ1) is 10.9. The lowest BCUT2D eigenvalue weighted by atomic mass is 10.1. The first-order valence-electron chi connectivity index (χ1n) is 7.44. The first-order valence-corrected chi connectivity index (χ1v) is 9.92. The molecule has 1 fully saturated rings. The number of fused-ring (bicyclic) bond motifs is 1. The number of carbonyl (C=O) groups excluding carboxylic acids is 1. The second kappa shape index (κ2) is 6.45. The van der Waals surface area contributed by atoms with Crippen molar-refractivity contribution in [1.82, 2.24) is 9.88 Å². The van der Waals surface area contributed by atoms with Crippen LogP contribution >= 0.6 is 10.7 Å². The van der Waals surface area contributed by atoms with Crippen LogP contribution in [0.4, 0.5) is 0 Å². The highest BCUT2D eigenvalue weighted by atomic mass is 35.7. The molecule has 0 saturated carbocycles. The summed E-state index contributed by atoms with van der Waals surface area (Å²) in [6.45, 7) is 1.03. The van der Waals surface area contributed by atoms with Crippen molar-refractivity contribution in [1.29, 1.82) is 0 Å². The van der Waals surface area contributed by atoms with Gasteiger partial charge in [-0.2, -0.15) is 0 Å². The summed E-state index contributed by atoms with van der Waals surface area (Å²) in [6.07, 6.45) is 2.73. The van der Waals surface area contributed by atoms with Gasteiger partial charge in [-0.05, 0) is 24.1 Å². The first kappa shape index (κ1) is 16.2. The summed E-state index contributed by atoms with van der Waals surface area (Å²) in [7, 11) is 1.71. The van der Waals surface area contributed by atoms with E-state index in [1.165, 1.54) is 0 Å². The van der Waals surface area contributed by atoms with E-state index in [9.17, 15) is 13.2 Å². The van der Waals surface area contributed by atoms with E-state index in [4.69, 9.17) is 10.7 Å². The maximum Gasteiger partial charge on any atom is 0.232 e. The number of aromatic nitrogens is 1. The lowest BCUT2D eigenvalue weighted by Crippen LogP contribution is -2.28. The molecule has 1 saturated heterocycles. The molecule has 0 aliphatic carbocycles. The van der Waals surface area contributed by atoms with Crippen molar-refractivity contribution in [2.75, 3.05) is 18.8 Å². The third-order valence-electron chi connectivity index (χ3n) is 4.07. The molecule has 2 aromatic rings. The van der Waals surface area contributed by atoms with Crippen LogP contribution in [0.25, 0.3) is 10.9 Å². The summed E-state index contributed by atoms with van der Waals surface area (Å²) in [5.74, 6) is -0.353. The second-order valence-corrected chi connectivity index (χ2v) is 8.72. The SMILES string of the molecule is O=C1CC(CS(=O)(=O)Cl)CN1CCc1ccc2cccnc2c1. The van der Waals surface area contributed by atoms with E-state index in [-0.39, 0.29) is 24.0 Å². The highest BCUT2D eigenvalue weighted by Crippen LogP contribution is 2.21. The van der Waals surface area contributed by atoms with E-state index in [0.717, 1.165) is 22.9 Å². The van der Waals surface area contributed by atoms with E-state index in [1.807, 2.05) is 30.3 Å². The van der Waals surface area contributed by atoms with Gasteiger partial charge in [-0.3, -0.25) is 9.78 Å². The zero-order valence-electron chi connectivity index (χ0n) is 12.5. The summed E-state index contributed by atoms with van der Waals surface area (Å²) in [4.78, 5) is 18.0. The van der Waals surface area contributed by atoms with Crippen LogP contribution < -0.4 is 0 Å². The van der Waals surface area contributed by atoms with Crippen LogP contribution in [0.1, 0.15) is 12.0 Å². The van der Waals surface area contributed by atoms with Crippen LogP contribution in [-0.2, 0) is 20.3 Å². The van der Waals surface area contributed by atoms with Crippen molar-refractivity contribution in [3.05, 3.63) is 42.1 Å². The zero-order valence-corrected chi connectivity index (χ0v) is 14.1. The Hall–Kier alpha value is -1.66. The number of hydrogen-bond acceptors (Lipinski definition) is 4. The summed E-state index contributed by atoms with van der Waals surface area (Å²) in [5.41, 5.74) is 2.04. The van der Waals surface area contributed by atoms with Crippen molar-refractivity contribution >= 4 is 36.5 Å². The fourth-order valence-corrected chi connectivity index (χ4v) is 4.32. The number of likely N-dealkylation sites (tertiary alicyclic amines) is 1. The fraction of sp³-hybridized carbons (Fsp3) is 0.375. The highest BCUT2D eigenvalue weighted by Gasteiger charge is 2.31. The summed E-state index contributed by atoms with van der Waals surface area (Å²) >= 11 is 0. The van der Waals surface area contributed by atoms with Gasteiger partial charge in [-0.25, -0.2) is 8.42 Å². The van der Waals surface area contributed by atoms with Gasteiger partial charge >= 0.3 is 0 Å². The second-order valence-electron chi connectivity index (χ2n) is 5.90. The van der Waals surface area contributed by atoms with E-state index in [2.05, 4.69) is 4.98 Å². The molecule has 0 bridgehead atoms. The topological polar surface area (TPSA) is 67.3 Å². The van der Waals surface area contributed by atoms with Crippen LogP contribution in [0, 0.1) is 5.92 Å². The average Bonchev–Trinajstić information content (AvgIpc) is 2.82. The Morgan fingerprint density at radius 3 is 2.91 bits per heavy atom. The van der Waals surface area contributed by atoms with Gasteiger partial charge in [0.1, 0.15) is 0 Å². The van der Waals surface area contributed by atoms with Crippen molar-refractivity contribution in [3.8, 4) is 0 Å². The minimum atomic E-state index is -3.56. The average molecular weight is 353 g/mol. The molecule has 1 aliphatic rings. The van der Waals surface area contributed by atoms with Crippen LogP contribution in [0.2, 0.25) is 0 Å². The Balaban J connectivity index is 1.62. The van der Waals surface area contributed by atoms with Crippen LogP contribution in [0.5, 0.6) is 0 Å². The van der Waals surface area contributed by atoms with Gasteiger partial charge in [-0.1, -0.05) is 18.2 Å². The van der Waals surface area contributed by atoms with Crippen LogP contribution in [0.3, 0.4) is 0 Å². The maximum atomic E-state index is 12.0. The Morgan fingerprint density at radius 2 is 2.13 bits per heavy atom. The molecule has 0 N–H and O–H groups in total. The number of pyridine rings is 1. The molecule has 1 atom stereocenters. The Kier molecular flexibility index (Phi) is 4.55. The van der Waals surface area contributed by atoms with E-state index in [1.54, 1.807) is 11.1 Å². The number of amides is 1. The van der Waals surface area contributed by atoms with Gasteiger partial charge in [0.25, 0.3) is 0 Å². The Morgan fingerprint density at radius 1 is 1.30 bits per heavy atom. The Labute approximate surface area is 139 Å². The molecular weight excluding hydrogens is 336 g/mol. The molecule has 1 aliphatic heterocycles. The molecular formula is C16H17ClN2O3S. The minimum Gasteiger partial charge on any atom is -0.342 e. The summed E-state index contributed by atoms with van der Waals surface area (Å²) < 4.78 is 22.3. The molecule has 3 rings (SSSR count). The van der Waals surface area contributed by atoms with Crippen LogP contribution in [0.15, 0.2) is 36.5 Å². The molecule has 23 heavy (non-hydrogen) atoms. The molecule has 2 heterocycles. The van der Waals surface area contributed by atoms with Crippen molar-refractivity contribution < 1.29 is 13.2 Å². The monoisotopic (exact) mass is 352 g/mol. The molecule has 0 spiro atoms. The molecule has 1 amide bonds. The standard InChI is InChI=1S/C16H17ClN2O3S/c17-23(21,22)11-13-9-16(20)19(10-13)7-5-12-3-4-14-2-1-6-18-15(14)8-12/h1-4,6,8,13H,5,7,9-11H2. The predicted octanol–water partition coefficient (Wildman–Crippen LogP) is 2.19. The number of benzene rings is 1. The normalized spacial score (nSPS) is 18.7. The lowest BCUT2D eigenvalue weighted by Gasteiger charge is -2.16. The molecule has 5 nitrogen and oxygen atoms in total. The molecule has 1 aromatic heterocycles. The predicted molar refractivity (Wildman–Crippen MR) is 89.8 cm³/mol. The van der Waals surface area contributed by atoms with E-state index >= 15 is 0 Å². The maximum absolute atomic E-state index is 12.0. The number of carbonyl (C=O) groups is 1. The third-order valence-corrected chi connectivity index (χ3v) is 5.32. The van der Waals surface area contributed by atoms with E-state index < -0.39 is 9.05 Å². The minimum absolute atomic E-state index is 0.00534. The van der Waals surface area contributed by atoms with Gasteiger partial charge in [0.2, 0.25) is 15.0 Å². The number of rotatable bonds is 5. The number of nitrogens with zero attached hydrogens (tertiary/aromatic N) is 2. The van der Waals surface area contributed by atoms with E-state index in [0.29, 0.717) is 13.1 Å². The molecule has 1 unspecified atom stereocenters. The van der Waals surface area contributed by atoms with Crippen molar-refractivity contribution in [2.45, 2.75) is 12.8 Å². The smallest absolute Gasteiger partial charge is 0.232 e. The number of hydrogen-bond donors (Lipinski definition) is 0. The molecule has 1 aromatic carbocycles. The quantitative estimate of drug-likeness (QED) is 0.774. The van der Waals surface area contributed by atoms with Gasteiger partial charge in [0.15, 0.2) is 0 Å². The van der Waals surface area contributed by atoms with Crippen molar-refractivity contribution in [2.24, 2.45) is 5.92 Å². The van der Waals surface area contributed by atoms with Crippen molar-refractivity contribution in [3.63, 3.8) is 0 Å². The van der Waals surface area contributed by atoms with Gasteiger partial charge < -0.3 is 4.90 Å². The summed E-state index contributed by atoms with van der Waals surface area (Å²) in [6, 6.07) is 9.98. The fourth-order valence-electron chi connectivity index (χ4n) is 2.99.